The SMILES string of the molecule is Cc1nn(Cc2ccccc2)c(C)c1C1COCCN1C(=O)Nc1ccn(C)n1. The number of anilines is 1. The predicted molar refractivity (Wildman–Crippen MR) is 110 cm³/mol. The van der Waals surface area contributed by atoms with Crippen LogP contribution in [-0.4, -0.2) is 50.3 Å². The molecule has 8 heteroatoms. The van der Waals surface area contributed by atoms with Gasteiger partial charge in [0.25, 0.3) is 0 Å². The molecule has 1 unspecified atom stereocenters. The van der Waals surface area contributed by atoms with Crippen LogP contribution >= 0.6 is 0 Å². The smallest absolute Gasteiger partial charge is 0.323 e. The van der Waals surface area contributed by atoms with Gasteiger partial charge in [-0.25, -0.2) is 4.79 Å². The van der Waals surface area contributed by atoms with Gasteiger partial charge in [-0.15, -0.1) is 0 Å². The standard InChI is InChI=1S/C21H26N6O2/c1-15-20(16(2)27(23-15)13-17-7-5-4-6-8-17)18-14-29-12-11-26(18)21(28)22-19-9-10-25(3)24-19/h4-10,18H,11-14H2,1-3H3,(H,22,24,28). The molecule has 1 atom stereocenters. The molecule has 1 aliphatic heterocycles. The molecular formula is C21H26N6O2. The van der Waals surface area contributed by atoms with Gasteiger partial charge in [-0.1, -0.05) is 30.3 Å². The van der Waals surface area contributed by atoms with Crippen LogP contribution in [-0.2, 0) is 18.3 Å². The van der Waals surface area contributed by atoms with Crippen LogP contribution in [0.3, 0.4) is 0 Å². The summed E-state index contributed by atoms with van der Waals surface area (Å²) in [6, 6.07) is 11.7. The fraction of sp³-hybridized carbons (Fsp3) is 0.381. The van der Waals surface area contributed by atoms with Crippen LogP contribution in [0.5, 0.6) is 0 Å². The van der Waals surface area contributed by atoms with Gasteiger partial charge in [0, 0.05) is 37.1 Å². The second-order valence-corrected chi connectivity index (χ2v) is 7.32. The van der Waals surface area contributed by atoms with Crippen molar-refractivity contribution < 1.29 is 9.53 Å². The summed E-state index contributed by atoms with van der Waals surface area (Å²) in [6.07, 6.45) is 1.80. The first kappa shape index (κ1) is 19.2. The van der Waals surface area contributed by atoms with Crippen LogP contribution in [0.1, 0.15) is 28.6 Å². The second-order valence-electron chi connectivity index (χ2n) is 7.32. The summed E-state index contributed by atoms with van der Waals surface area (Å²) in [4.78, 5) is 14.8. The first-order valence-corrected chi connectivity index (χ1v) is 9.76. The third kappa shape index (κ3) is 4.02. The van der Waals surface area contributed by atoms with E-state index in [0.29, 0.717) is 32.1 Å². The minimum atomic E-state index is -0.183. The number of carbonyl (C=O) groups is 1. The largest absolute Gasteiger partial charge is 0.377 e. The molecule has 1 saturated heterocycles. The number of aryl methyl sites for hydroxylation is 2. The Balaban J connectivity index is 1.58. The zero-order valence-corrected chi connectivity index (χ0v) is 17.0. The Bertz CT molecular complexity index is 994. The van der Waals surface area contributed by atoms with Crippen LogP contribution in [0, 0.1) is 13.8 Å². The van der Waals surface area contributed by atoms with Gasteiger partial charge in [0.1, 0.15) is 0 Å². The summed E-state index contributed by atoms with van der Waals surface area (Å²) in [7, 11) is 1.82. The Labute approximate surface area is 170 Å². The lowest BCUT2D eigenvalue weighted by atomic mass is 10.0. The number of nitrogens with zero attached hydrogens (tertiary/aromatic N) is 5. The van der Waals surface area contributed by atoms with E-state index in [2.05, 4.69) is 29.5 Å². The van der Waals surface area contributed by atoms with E-state index in [0.717, 1.165) is 17.0 Å². The molecular weight excluding hydrogens is 368 g/mol. The molecule has 1 aliphatic rings. The van der Waals surface area contributed by atoms with Gasteiger partial charge >= 0.3 is 6.03 Å². The fourth-order valence-corrected chi connectivity index (χ4v) is 3.85. The molecule has 4 rings (SSSR count). The third-order valence-corrected chi connectivity index (χ3v) is 5.28. The normalized spacial score (nSPS) is 16.8. The quantitative estimate of drug-likeness (QED) is 0.738. The van der Waals surface area contributed by atoms with E-state index in [1.165, 1.54) is 5.56 Å². The number of rotatable bonds is 4. The number of benzene rings is 1. The molecule has 152 valence electrons. The highest BCUT2D eigenvalue weighted by atomic mass is 16.5. The molecule has 8 nitrogen and oxygen atoms in total. The number of morpholine rings is 1. The van der Waals surface area contributed by atoms with Crippen LogP contribution in [0.15, 0.2) is 42.6 Å². The van der Waals surface area contributed by atoms with Crippen LogP contribution in [0.4, 0.5) is 10.6 Å². The zero-order valence-electron chi connectivity index (χ0n) is 17.0. The Kier molecular flexibility index (Phi) is 5.35. The number of carbonyl (C=O) groups excluding carboxylic acids is 1. The highest BCUT2D eigenvalue weighted by molar-refractivity contribution is 5.88. The number of urea groups is 1. The van der Waals surface area contributed by atoms with Gasteiger partial charge in [-0.2, -0.15) is 10.2 Å². The molecule has 0 spiro atoms. The number of hydrogen-bond donors (Lipinski definition) is 1. The number of nitrogens with one attached hydrogen (secondary N) is 1. The maximum Gasteiger partial charge on any atom is 0.323 e. The highest BCUT2D eigenvalue weighted by Crippen LogP contribution is 2.30. The minimum Gasteiger partial charge on any atom is -0.377 e. The van der Waals surface area contributed by atoms with E-state index in [-0.39, 0.29) is 12.1 Å². The first-order valence-electron chi connectivity index (χ1n) is 9.76. The van der Waals surface area contributed by atoms with E-state index in [4.69, 9.17) is 9.84 Å². The van der Waals surface area contributed by atoms with E-state index in [1.807, 2.05) is 41.8 Å². The van der Waals surface area contributed by atoms with Crippen molar-refractivity contribution in [2.45, 2.75) is 26.4 Å². The van der Waals surface area contributed by atoms with Gasteiger partial charge < -0.3 is 9.64 Å². The monoisotopic (exact) mass is 394 g/mol. The summed E-state index contributed by atoms with van der Waals surface area (Å²) < 4.78 is 9.39. The van der Waals surface area contributed by atoms with Crippen LogP contribution in [0.25, 0.3) is 0 Å². The van der Waals surface area contributed by atoms with Crippen molar-refractivity contribution in [3.05, 3.63) is 65.1 Å². The average Bonchev–Trinajstić information content (AvgIpc) is 3.24. The van der Waals surface area contributed by atoms with Gasteiger partial charge in [-0.05, 0) is 19.4 Å². The first-order chi connectivity index (χ1) is 14.0. The molecule has 0 saturated carbocycles. The summed E-state index contributed by atoms with van der Waals surface area (Å²) in [6.45, 7) is 6.24. The van der Waals surface area contributed by atoms with Gasteiger partial charge in [0.15, 0.2) is 5.82 Å². The molecule has 1 fully saturated rings. The molecule has 1 N–H and O–H groups in total. The van der Waals surface area contributed by atoms with Gasteiger partial charge in [0.2, 0.25) is 0 Å². The molecule has 0 bridgehead atoms. The molecule has 0 aliphatic carbocycles. The third-order valence-electron chi connectivity index (χ3n) is 5.28. The summed E-state index contributed by atoms with van der Waals surface area (Å²) in [5, 5.41) is 11.9. The Morgan fingerprint density at radius 3 is 2.72 bits per heavy atom. The fourth-order valence-electron chi connectivity index (χ4n) is 3.85. The predicted octanol–water partition coefficient (Wildman–Crippen LogP) is 2.89. The molecule has 2 amide bonds. The van der Waals surface area contributed by atoms with E-state index in [1.54, 1.807) is 16.9 Å². The van der Waals surface area contributed by atoms with E-state index >= 15 is 0 Å². The Hall–Kier alpha value is -3.13. The molecule has 3 heterocycles. The van der Waals surface area contributed by atoms with Crippen molar-refractivity contribution in [2.24, 2.45) is 7.05 Å². The minimum absolute atomic E-state index is 0.174. The van der Waals surface area contributed by atoms with Crippen LogP contribution < -0.4 is 5.32 Å². The van der Waals surface area contributed by atoms with Crippen molar-refractivity contribution in [3.63, 3.8) is 0 Å². The maximum absolute atomic E-state index is 13.0. The number of hydrogen-bond acceptors (Lipinski definition) is 4. The number of aromatic nitrogens is 4. The van der Waals surface area contributed by atoms with Crippen molar-refractivity contribution >= 4 is 11.8 Å². The van der Waals surface area contributed by atoms with Gasteiger partial charge in [0.05, 0.1) is 31.5 Å². The Morgan fingerprint density at radius 2 is 2.00 bits per heavy atom. The van der Waals surface area contributed by atoms with E-state index in [9.17, 15) is 4.79 Å². The molecule has 1 aromatic carbocycles. The van der Waals surface area contributed by atoms with E-state index < -0.39 is 0 Å². The number of amides is 2. The second kappa shape index (κ2) is 8.08. The molecule has 2 aromatic heterocycles. The van der Waals surface area contributed by atoms with Gasteiger partial charge in [-0.3, -0.25) is 14.7 Å². The maximum atomic E-state index is 13.0. The Morgan fingerprint density at radius 1 is 1.21 bits per heavy atom. The van der Waals surface area contributed by atoms with Crippen LogP contribution in [0.2, 0.25) is 0 Å². The summed E-state index contributed by atoms with van der Waals surface area (Å²) >= 11 is 0. The van der Waals surface area contributed by atoms with Crippen molar-refractivity contribution in [1.29, 1.82) is 0 Å². The average molecular weight is 394 g/mol. The summed E-state index contributed by atoms with van der Waals surface area (Å²) in [5.41, 5.74) is 4.22. The lowest BCUT2D eigenvalue weighted by Gasteiger charge is -2.35. The topological polar surface area (TPSA) is 77.2 Å². The summed E-state index contributed by atoms with van der Waals surface area (Å²) in [5.74, 6) is 0.538. The van der Waals surface area contributed by atoms with Crippen molar-refractivity contribution in [3.8, 4) is 0 Å². The van der Waals surface area contributed by atoms with Crippen molar-refractivity contribution in [1.82, 2.24) is 24.5 Å². The lowest BCUT2D eigenvalue weighted by Crippen LogP contribution is -2.45. The highest BCUT2D eigenvalue weighted by Gasteiger charge is 2.33. The molecule has 0 radical (unpaired) electrons. The lowest BCUT2D eigenvalue weighted by molar-refractivity contribution is 0.0143. The molecule has 3 aromatic rings. The molecule has 29 heavy (non-hydrogen) atoms. The number of ether oxygens (including phenoxy) is 1. The van der Waals surface area contributed by atoms with Crippen molar-refractivity contribution in [2.75, 3.05) is 25.1 Å². The zero-order chi connectivity index (χ0) is 20.4.